The predicted molar refractivity (Wildman–Crippen MR) is 134 cm³/mol. The van der Waals surface area contributed by atoms with Crippen LogP contribution in [-0.4, -0.2) is 28.9 Å². The smallest absolute Gasteiger partial charge is 0.259 e. The zero-order chi connectivity index (χ0) is 23.7. The van der Waals surface area contributed by atoms with Gasteiger partial charge in [-0.15, -0.1) is 11.3 Å². The summed E-state index contributed by atoms with van der Waals surface area (Å²) in [5, 5.41) is 1.94. The first-order chi connectivity index (χ1) is 16.5. The molecule has 0 N–H and O–H groups in total. The van der Waals surface area contributed by atoms with Crippen LogP contribution in [0.15, 0.2) is 76.5 Å². The molecule has 5 rings (SSSR count). The van der Waals surface area contributed by atoms with Gasteiger partial charge in [0.25, 0.3) is 5.56 Å². The highest BCUT2D eigenvalue weighted by Crippen LogP contribution is 2.32. The van der Waals surface area contributed by atoms with Crippen LogP contribution in [0.1, 0.15) is 35.1 Å². The molecule has 0 spiro atoms. The lowest BCUT2D eigenvalue weighted by molar-refractivity contribution is 0.259. The van der Waals surface area contributed by atoms with Crippen LogP contribution in [0.25, 0.3) is 10.4 Å². The van der Waals surface area contributed by atoms with Crippen LogP contribution in [0.5, 0.6) is 0 Å². The number of piperidine rings is 1. The minimum absolute atomic E-state index is 0.0868. The molecule has 1 aliphatic heterocycles. The van der Waals surface area contributed by atoms with Gasteiger partial charge in [0, 0.05) is 36.8 Å². The Kier molecular flexibility index (Phi) is 6.44. The molecule has 2 aromatic carbocycles. The fraction of sp³-hybridized carbons (Fsp3) is 0.250. The van der Waals surface area contributed by atoms with Crippen molar-refractivity contribution in [3.05, 3.63) is 116 Å². The van der Waals surface area contributed by atoms with E-state index in [1.54, 1.807) is 40.0 Å². The van der Waals surface area contributed by atoms with E-state index in [1.165, 1.54) is 29.8 Å². The minimum Gasteiger partial charge on any atom is -0.302 e. The summed E-state index contributed by atoms with van der Waals surface area (Å²) < 4.78 is 28.8. The zero-order valence-corrected chi connectivity index (χ0v) is 19.9. The lowest BCUT2D eigenvalue weighted by Crippen LogP contribution is -2.34. The number of likely N-dealkylation sites (tertiary alicyclic amines) is 1. The van der Waals surface area contributed by atoms with E-state index in [0.29, 0.717) is 0 Å². The number of fused-ring (bicyclic) bond motifs is 1. The number of pyridine rings is 1. The Labute approximate surface area is 201 Å². The maximum absolute atomic E-state index is 13.6. The number of thiazole rings is 1. The molecule has 0 atom stereocenters. The summed E-state index contributed by atoms with van der Waals surface area (Å²) in [4.78, 5) is 16.3. The third kappa shape index (κ3) is 4.61. The number of benzene rings is 2. The van der Waals surface area contributed by atoms with Gasteiger partial charge in [0.1, 0.15) is 16.5 Å². The van der Waals surface area contributed by atoms with E-state index in [-0.39, 0.29) is 17.2 Å². The molecule has 6 heteroatoms. The van der Waals surface area contributed by atoms with E-state index in [2.05, 4.69) is 11.0 Å². The third-order valence-corrected chi connectivity index (χ3v) is 7.50. The first kappa shape index (κ1) is 22.7. The summed E-state index contributed by atoms with van der Waals surface area (Å²) in [6, 6.07) is 15.2. The average molecular weight is 477 g/mol. The largest absolute Gasteiger partial charge is 0.302 e. The van der Waals surface area contributed by atoms with Crippen molar-refractivity contribution in [3.8, 4) is 0 Å². The van der Waals surface area contributed by atoms with E-state index in [1.807, 2.05) is 18.5 Å². The summed E-state index contributed by atoms with van der Waals surface area (Å²) in [7, 11) is 0. The number of halogens is 2. The van der Waals surface area contributed by atoms with Gasteiger partial charge in [-0.3, -0.25) is 9.20 Å². The molecule has 0 saturated carbocycles. The summed E-state index contributed by atoms with van der Waals surface area (Å²) in [5.41, 5.74) is 6.29. The van der Waals surface area contributed by atoms with Crippen LogP contribution in [-0.2, 0) is 6.42 Å². The van der Waals surface area contributed by atoms with E-state index in [4.69, 9.17) is 0 Å². The van der Waals surface area contributed by atoms with Gasteiger partial charge in [-0.05, 0) is 78.8 Å². The van der Waals surface area contributed by atoms with Crippen molar-refractivity contribution in [2.24, 2.45) is 0 Å². The quantitative estimate of drug-likeness (QED) is 0.348. The molecule has 3 nitrogen and oxygen atoms in total. The van der Waals surface area contributed by atoms with Crippen molar-refractivity contribution in [2.45, 2.75) is 26.2 Å². The van der Waals surface area contributed by atoms with Crippen LogP contribution in [0.3, 0.4) is 0 Å². The topological polar surface area (TPSA) is 24.7 Å². The van der Waals surface area contributed by atoms with E-state index in [9.17, 15) is 13.6 Å². The van der Waals surface area contributed by atoms with Gasteiger partial charge in [-0.2, -0.15) is 0 Å². The fourth-order valence-corrected chi connectivity index (χ4v) is 5.65. The standard InChI is InChI=1S/C28H26F2N2OS/c1-19-18-26-32(16-17-34-26)28(33)25(19)12-15-31-13-10-22(11-14-31)27(20-2-6-23(29)7-3-20)21-4-8-24(30)9-5-21/h2-9,16-18H,10-15H2,1H3. The molecule has 174 valence electrons. The molecule has 1 saturated heterocycles. The Morgan fingerprint density at radius 1 is 0.941 bits per heavy atom. The average Bonchev–Trinajstić information content (AvgIpc) is 3.31. The Bertz CT molecular complexity index is 1340. The highest BCUT2D eigenvalue weighted by molar-refractivity contribution is 7.15. The molecule has 4 aromatic rings. The van der Waals surface area contributed by atoms with E-state index in [0.717, 1.165) is 71.6 Å². The van der Waals surface area contributed by atoms with Crippen LogP contribution >= 0.6 is 11.3 Å². The van der Waals surface area contributed by atoms with Gasteiger partial charge in [0.05, 0.1) is 0 Å². The summed E-state index contributed by atoms with van der Waals surface area (Å²) >= 11 is 1.58. The second-order valence-electron chi connectivity index (χ2n) is 8.81. The first-order valence-electron chi connectivity index (χ1n) is 11.5. The normalized spacial score (nSPS) is 14.6. The Morgan fingerprint density at radius 3 is 2.12 bits per heavy atom. The van der Waals surface area contributed by atoms with Crippen LogP contribution in [0.2, 0.25) is 0 Å². The molecule has 0 amide bonds. The number of aryl methyl sites for hydroxylation is 1. The highest BCUT2D eigenvalue weighted by atomic mass is 32.1. The summed E-state index contributed by atoms with van der Waals surface area (Å²) in [6.07, 6.45) is 4.33. The zero-order valence-electron chi connectivity index (χ0n) is 19.1. The Morgan fingerprint density at radius 2 is 1.53 bits per heavy atom. The second kappa shape index (κ2) is 9.65. The number of aromatic nitrogens is 1. The van der Waals surface area contributed by atoms with E-state index < -0.39 is 0 Å². The molecule has 1 fully saturated rings. The molecule has 34 heavy (non-hydrogen) atoms. The number of nitrogens with zero attached hydrogens (tertiary/aromatic N) is 2. The number of hydrogen-bond donors (Lipinski definition) is 0. The Hall–Kier alpha value is -3.09. The SMILES string of the molecule is Cc1cc2sccn2c(=O)c1CCN1CCC(=C(c2ccc(F)cc2)c2ccc(F)cc2)CC1. The molecule has 3 heterocycles. The predicted octanol–water partition coefficient (Wildman–Crippen LogP) is 6.09. The molecule has 0 aliphatic carbocycles. The first-order valence-corrected chi connectivity index (χ1v) is 12.4. The lowest BCUT2D eigenvalue weighted by atomic mass is 9.88. The van der Waals surface area contributed by atoms with Gasteiger partial charge < -0.3 is 4.90 Å². The van der Waals surface area contributed by atoms with Crippen molar-refractivity contribution in [1.82, 2.24) is 9.30 Å². The lowest BCUT2D eigenvalue weighted by Gasteiger charge is -2.30. The second-order valence-corrected chi connectivity index (χ2v) is 9.73. The van der Waals surface area contributed by atoms with Gasteiger partial charge in [0.15, 0.2) is 0 Å². The van der Waals surface area contributed by atoms with Crippen molar-refractivity contribution >= 4 is 21.7 Å². The minimum atomic E-state index is -0.270. The van der Waals surface area contributed by atoms with E-state index >= 15 is 0 Å². The maximum Gasteiger partial charge on any atom is 0.259 e. The van der Waals surface area contributed by atoms with Crippen molar-refractivity contribution in [2.75, 3.05) is 19.6 Å². The van der Waals surface area contributed by atoms with Crippen LogP contribution < -0.4 is 5.56 Å². The van der Waals surface area contributed by atoms with Gasteiger partial charge in [0.2, 0.25) is 0 Å². The molecule has 1 aliphatic rings. The molecule has 0 bridgehead atoms. The molecule has 2 aromatic heterocycles. The summed E-state index contributed by atoms with van der Waals surface area (Å²) in [6.45, 7) is 4.64. The highest BCUT2D eigenvalue weighted by Gasteiger charge is 2.20. The Balaban J connectivity index is 1.35. The van der Waals surface area contributed by atoms with Crippen molar-refractivity contribution in [3.63, 3.8) is 0 Å². The summed E-state index contributed by atoms with van der Waals surface area (Å²) in [5.74, 6) is -0.539. The molecular formula is C28H26F2N2OS. The number of rotatable bonds is 5. The van der Waals surface area contributed by atoms with Crippen molar-refractivity contribution in [1.29, 1.82) is 0 Å². The molecular weight excluding hydrogens is 450 g/mol. The maximum atomic E-state index is 13.6. The van der Waals surface area contributed by atoms with Crippen LogP contribution in [0, 0.1) is 18.6 Å². The van der Waals surface area contributed by atoms with Gasteiger partial charge in [-0.25, -0.2) is 8.78 Å². The van der Waals surface area contributed by atoms with Crippen LogP contribution in [0.4, 0.5) is 8.78 Å². The fourth-order valence-electron chi connectivity index (χ4n) is 4.83. The van der Waals surface area contributed by atoms with Crippen molar-refractivity contribution < 1.29 is 8.78 Å². The molecule has 0 radical (unpaired) electrons. The molecule has 0 unspecified atom stereocenters. The van der Waals surface area contributed by atoms with Gasteiger partial charge in [-0.1, -0.05) is 29.8 Å². The third-order valence-electron chi connectivity index (χ3n) is 6.69. The number of hydrogen-bond acceptors (Lipinski definition) is 3. The monoisotopic (exact) mass is 476 g/mol. The van der Waals surface area contributed by atoms with Gasteiger partial charge >= 0.3 is 0 Å².